The minimum atomic E-state index is -0.218. The Balaban J connectivity index is 3.07. The Morgan fingerprint density at radius 1 is 1.67 bits per heavy atom. The molecule has 0 aliphatic carbocycles. The fourth-order valence-electron chi connectivity index (χ4n) is 0.965. The maximum atomic E-state index is 5.71. The molecule has 1 heterocycles. The van der Waals surface area contributed by atoms with Crippen LogP contribution < -0.4 is 11.5 Å². The van der Waals surface area contributed by atoms with E-state index >= 15 is 0 Å². The van der Waals surface area contributed by atoms with Gasteiger partial charge in [-0.15, -0.1) is 6.42 Å². The van der Waals surface area contributed by atoms with Crippen molar-refractivity contribution in [3.05, 3.63) is 29.6 Å². The normalized spacial score (nSPS) is 12.1. The van der Waals surface area contributed by atoms with Crippen molar-refractivity contribution in [1.29, 1.82) is 0 Å². The van der Waals surface area contributed by atoms with Crippen molar-refractivity contribution in [3.8, 4) is 12.3 Å². The Labute approximate surface area is 71.8 Å². The van der Waals surface area contributed by atoms with Crippen LogP contribution in [0.4, 0.5) is 0 Å². The van der Waals surface area contributed by atoms with Crippen molar-refractivity contribution in [2.75, 3.05) is 6.54 Å². The van der Waals surface area contributed by atoms with Crippen molar-refractivity contribution in [1.82, 2.24) is 4.98 Å². The minimum Gasteiger partial charge on any atom is -0.329 e. The molecule has 4 N–H and O–H groups in total. The second kappa shape index (κ2) is 3.86. The van der Waals surface area contributed by atoms with Gasteiger partial charge >= 0.3 is 0 Å². The molecule has 0 saturated carbocycles. The second-order valence-electron chi connectivity index (χ2n) is 2.43. The van der Waals surface area contributed by atoms with E-state index < -0.39 is 0 Å². The van der Waals surface area contributed by atoms with E-state index in [9.17, 15) is 0 Å². The first-order chi connectivity index (χ1) is 5.79. The number of aromatic nitrogens is 1. The van der Waals surface area contributed by atoms with E-state index in [-0.39, 0.29) is 6.04 Å². The zero-order valence-electron chi connectivity index (χ0n) is 6.70. The smallest absolute Gasteiger partial charge is 0.117 e. The Bertz CT molecular complexity index is 301. The summed E-state index contributed by atoms with van der Waals surface area (Å²) >= 11 is 0. The molecular weight excluding hydrogens is 150 g/mol. The average Bonchev–Trinajstić information content (AvgIpc) is 2.16. The maximum absolute atomic E-state index is 5.71. The first-order valence-electron chi connectivity index (χ1n) is 3.66. The van der Waals surface area contributed by atoms with Crippen molar-refractivity contribution < 1.29 is 0 Å². The van der Waals surface area contributed by atoms with Crippen LogP contribution in [-0.4, -0.2) is 11.5 Å². The number of hydrogen-bond acceptors (Lipinski definition) is 3. The summed E-state index contributed by atoms with van der Waals surface area (Å²) in [6.45, 7) is 0.375. The first-order valence-corrected chi connectivity index (χ1v) is 3.66. The molecule has 0 radical (unpaired) electrons. The van der Waals surface area contributed by atoms with Crippen molar-refractivity contribution in [2.24, 2.45) is 11.5 Å². The number of rotatable bonds is 2. The highest BCUT2D eigenvalue weighted by atomic mass is 14.7. The Morgan fingerprint density at radius 2 is 2.42 bits per heavy atom. The standard InChI is InChI=1S/C9H11N3/c1-2-9-7(8(11)6-10)4-3-5-12-9/h1,3-5,8H,6,10-11H2. The van der Waals surface area contributed by atoms with Crippen LogP contribution in [0.3, 0.4) is 0 Å². The summed E-state index contributed by atoms with van der Waals surface area (Å²) < 4.78 is 0. The van der Waals surface area contributed by atoms with E-state index in [0.717, 1.165) is 5.56 Å². The third kappa shape index (κ3) is 1.62. The first kappa shape index (κ1) is 8.72. The monoisotopic (exact) mass is 161 g/mol. The lowest BCUT2D eigenvalue weighted by molar-refractivity contribution is 0.730. The molecule has 0 aliphatic rings. The van der Waals surface area contributed by atoms with Crippen LogP contribution in [0, 0.1) is 12.3 Å². The summed E-state index contributed by atoms with van der Waals surface area (Å²) in [4.78, 5) is 3.99. The summed E-state index contributed by atoms with van der Waals surface area (Å²) in [7, 11) is 0. The predicted molar refractivity (Wildman–Crippen MR) is 48.2 cm³/mol. The third-order valence-corrected chi connectivity index (χ3v) is 1.63. The zero-order valence-corrected chi connectivity index (χ0v) is 6.70. The quantitative estimate of drug-likeness (QED) is 0.601. The van der Waals surface area contributed by atoms with Crippen LogP contribution in [0.25, 0.3) is 0 Å². The summed E-state index contributed by atoms with van der Waals surface area (Å²) in [6.07, 6.45) is 6.88. The van der Waals surface area contributed by atoms with Crippen molar-refractivity contribution in [3.63, 3.8) is 0 Å². The molecule has 1 rings (SSSR count). The number of terminal acetylenes is 1. The highest BCUT2D eigenvalue weighted by Gasteiger charge is 2.07. The summed E-state index contributed by atoms with van der Waals surface area (Å²) in [5.74, 6) is 2.46. The highest BCUT2D eigenvalue weighted by Crippen LogP contribution is 2.11. The van der Waals surface area contributed by atoms with Gasteiger partial charge in [0.25, 0.3) is 0 Å². The largest absolute Gasteiger partial charge is 0.329 e. The molecule has 0 aromatic carbocycles. The van der Waals surface area contributed by atoms with Gasteiger partial charge in [-0.1, -0.05) is 6.07 Å². The van der Waals surface area contributed by atoms with Gasteiger partial charge in [0.15, 0.2) is 0 Å². The second-order valence-corrected chi connectivity index (χ2v) is 2.43. The van der Waals surface area contributed by atoms with Gasteiger partial charge in [0.05, 0.1) is 0 Å². The molecule has 1 aromatic rings. The lowest BCUT2D eigenvalue weighted by Crippen LogP contribution is -2.21. The SMILES string of the molecule is C#Cc1ncccc1C(N)CN. The fraction of sp³-hybridized carbons (Fsp3) is 0.222. The van der Waals surface area contributed by atoms with Crippen LogP contribution >= 0.6 is 0 Å². The number of pyridine rings is 1. The van der Waals surface area contributed by atoms with Crippen LogP contribution in [0.1, 0.15) is 17.3 Å². The molecule has 0 bridgehead atoms. The fourth-order valence-corrected chi connectivity index (χ4v) is 0.965. The minimum absolute atomic E-state index is 0.218. The molecule has 3 heteroatoms. The Morgan fingerprint density at radius 3 is 3.00 bits per heavy atom. The van der Waals surface area contributed by atoms with E-state index in [1.165, 1.54) is 0 Å². The lowest BCUT2D eigenvalue weighted by atomic mass is 10.1. The van der Waals surface area contributed by atoms with Gasteiger partial charge in [-0.2, -0.15) is 0 Å². The molecule has 0 aliphatic heterocycles. The van der Waals surface area contributed by atoms with Crippen LogP contribution in [-0.2, 0) is 0 Å². The topological polar surface area (TPSA) is 64.9 Å². The number of hydrogen-bond donors (Lipinski definition) is 2. The molecular formula is C9H11N3. The summed E-state index contributed by atoms with van der Waals surface area (Å²) in [5.41, 5.74) is 12.5. The van der Waals surface area contributed by atoms with Crippen LogP contribution in [0.15, 0.2) is 18.3 Å². The molecule has 1 unspecified atom stereocenters. The van der Waals surface area contributed by atoms with Gasteiger partial charge in [0, 0.05) is 24.3 Å². The summed E-state index contributed by atoms with van der Waals surface area (Å²) in [5, 5.41) is 0. The van der Waals surface area contributed by atoms with Gasteiger partial charge in [-0.3, -0.25) is 0 Å². The summed E-state index contributed by atoms with van der Waals surface area (Å²) in [6, 6.07) is 3.43. The Kier molecular flexibility index (Phi) is 2.81. The van der Waals surface area contributed by atoms with Gasteiger partial charge in [0.2, 0.25) is 0 Å². The van der Waals surface area contributed by atoms with Crippen LogP contribution in [0.2, 0.25) is 0 Å². The van der Waals surface area contributed by atoms with Gasteiger partial charge in [-0.25, -0.2) is 4.98 Å². The molecule has 12 heavy (non-hydrogen) atoms. The van der Waals surface area contributed by atoms with Gasteiger partial charge in [-0.05, 0) is 12.0 Å². The van der Waals surface area contributed by atoms with Crippen LogP contribution in [0.5, 0.6) is 0 Å². The number of nitrogens with zero attached hydrogens (tertiary/aromatic N) is 1. The van der Waals surface area contributed by atoms with Gasteiger partial charge < -0.3 is 11.5 Å². The zero-order chi connectivity index (χ0) is 8.97. The molecule has 0 amide bonds. The average molecular weight is 161 g/mol. The van der Waals surface area contributed by atoms with E-state index in [1.807, 2.05) is 6.07 Å². The van der Waals surface area contributed by atoms with E-state index in [2.05, 4.69) is 10.9 Å². The van der Waals surface area contributed by atoms with Crippen molar-refractivity contribution >= 4 is 0 Å². The van der Waals surface area contributed by atoms with E-state index in [0.29, 0.717) is 12.2 Å². The van der Waals surface area contributed by atoms with E-state index in [1.54, 1.807) is 12.3 Å². The predicted octanol–water partition coefficient (Wildman–Crippen LogP) is 0.0214. The van der Waals surface area contributed by atoms with E-state index in [4.69, 9.17) is 17.9 Å². The maximum Gasteiger partial charge on any atom is 0.117 e. The molecule has 0 saturated heterocycles. The molecule has 0 fully saturated rings. The molecule has 3 nitrogen and oxygen atoms in total. The molecule has 0 spiro atoms. The Hall–Kier alpha value is -1.37. The van der Waals surface area contributed by atoms with Gasteiger partial charge in [0.1, 0.15) is 5.69 Å². The molecule has 1 atom stereocenters. The molecule has 62 valence electrons. The highest BCUT2D eigenvalue weighted by molar-refractivity contribution is 5.35. The van der Waals surface area contributed by atoms with Crippen molar-refractivity contribution in [2.45, 2.75) is 6.04 Å². The lowest BCUT2D eigenvalue weighted by Gasteiger charge is -2.09. The third-order valence-electron chi connectivity index (χ3n) is 1.63. The number of nitrogens with two attached hydrogens (primary N) is 2. The molecule has 1 aromatic heterocycles.